The number of nitrogens with two attached hydrogens (primary N) is 1. The lowest BCUT2D eigenvalue weighted by molar-refractivity contribution is -0.142. The summed E-state index contributed by atoms with van der Waals surface area (Å²) >= 11 is 0. The van der Waals surface area contributed by atoms with Crippen LogP contribution in [0, 0.1) is 0 Å². The Labute approximate surface area is 238 Å². The van der Waals surface area contributed by atoms with E-state index in [2.05, 4.69) is 16.1 Å². The van der Waals surface area contributed by atoms with Crippen molar-refractivity contribution in [2.24, 2.45) is 5.73 Å². The van der Waals surface area contributed by atoms with Gasteiger partial charge >= 0.3 is 6.09 Å². The number of rotatable bonds is 12. The zero-order valence-electron chi connectivity index (χ0n) is 23.3. The smallest absolute Gasteiger partial charge is 0.408 e. The Hall–Kier alpha value is -4.94. The second-order valence-electron chi connectivity index (χ2n) is 9.34. The first-order valence-electron chi connectivity index (χ1n) is 12.9. The number of hydrogen-bond donors (Lipinski definition) is 4. The van der Waals surface area contributed by atoms with Gasteiger partial charge in [-0.15, -0.1) is 0 Å². The van der Waals surface area contributed by atoms with Crippen LogP contribution >= 0.6 is 0 Å². The quantitative estimate of drug-likeness (QED) is 0.209. The van der Waals surface area contributed by atoms with Crippen LogP contribution in [0.1, 0.15) is 32.3 Å². The molecule has 0 saturated heterocycles. The third kappa shape index (κ3) is 11.8. The number of nitrogens with one attached hydrogen (secondary N) is 3. The minimum absolute atomic E-state index is 0.0937. The van der Waals surface area contributed by atoms with Crippen LogP contribution in [-0.2, 0) is 35.3 Å². The van der Waals surface area contributed by atoms with Crippen molar-refractivity contribution in [3.05, 3.63) is 71.8 Å². The summed E-state index contributed by atoms with van der Waals surface area (Å²) < 4.78 is 5.12. The monoisotopic (exact) mass is 568 g/mol. The van der Waals surface area contributed by atoms with Gasteiger partial charge in [0.05, 0.1) is 0 Å². The zero-order chi connectivity index (χ0) is 30.4. The fourth-order valence-corrected chi connectivity index (χ4v) is 3.47. The Morgan fingerprint density at radius 1 is 0.976 bits per heavy atom. The Morgan fingerprint density at radius 2 is 1.63 bits per heavy atom. The Kier molecular flexibility index (Phi) is 12.8. The van der Waals surface area contributed by atoms with Gasteiger partial charge in [0.25, 0.3) is 11.8 Å². The number of hydrazine groups is 1. The molecular weight excluding hydrogens is 532 g/mol. The largest absolute Gasteiger partial charge is 0.445 e. The number of primary amides is 1. The lowest BCUT2D eigenvalue weighted by atomic mass is 10.1. The molecule has 0 spiro atoms. The molecule has 0 radical (unpaired) electrons. The Morgan fingerprint density at radius 3 is 2.27 bits per heavy atom. The van der Waals surface area contributed by atoms with Crippen LogP contribution in [0.3, 0.4) is 0 Å². The fraction of sp³-hybridized carbons (Fsp3) is 0.357. The van der Waals surface area contributed by atoms with Crippen LogP contribution in [-0.4, -0.2) is 77.8 Å². The molecule has 0 unspecified atom stereocenters. The number of allylic oxidation sites excluding steroid dienone is 3. The lowest BCUT2D eigenvalue weighted by Crippen LogP contribution is -2.56. The van der Waals surface area contributed by atoms with E-state index in [1.165, 1.54) is 18.7 Å². The van der Waals surface area contributed by atoms with E-state index in [0.717, 1.165) is 36.1 Å². The van der Waals surface area contributed by atoms with E-state index in [9.17, 15) is 28.8 Å². The SMILES string of the molecule is C[C@H](NC(=O)OCC1=CC=CCC1)C(=O)N[C@@H](C)C(=O)NN(CC(N)=O)C(=O)/C=C/C(=O)N(C)Cc1ccccc1. The first-order valence-corrected chi connectivity index (χ1v) is 12.9. The topological polar surface area (TPSA) is 180 Å². The number of amides is 6. The highest BCUT2D eigenvalue weighted by atomic mass is 16.5. The van der Waals surface area contributed by atoms with Crippen molar-refractivity contribution in [3.8, 4) is 0 Å². The molecule has 0 bridgehead atoms. The number of hydrogen-bond acceptors (Lipinski definition) is 7. The lowest BCUT2D eigenvalue weighted by Gasteiger charge is -2.24. The molecule has 6 amide bonds. The third-order valence-corrected chi connectivity index (χ3v) is 5.80. The molecule has 41 heavy (non-hydrogen) atoms. The van der Waals surface area contributed by atoms with Gasteiger partial charge in [0, 0.05) is 25.7 Å². The summed E-state index contributed by atoms with van der Waals surface area (Å²) in [6.07, 6.45) is 8.48. The predicted molar refractivity (Wildman–Crippen MR) is 149 cm³/mol. The molecule has 13 heteroatoms. The van der Waals surface area contributed by atoms with Crippen LogP contribution in [0.25, 0.3) is 0 Å². The second-order valence-corrected chi connectivity index (χ2v) is 9.34. The number of ether oxygens (including phenoxy) is 1. The molecular formula is C28H36N6O7. The van der Waals surface area contributed by atoms with Gasteiger partial charge in [-0.05, 0) is 37.8 Å². The molecule has 1 aliphatic carbocycles. The highest BCUT2D eigenvalue weighted by Gasteiger charge is 2.24. The van der Waals surface area contributed by atoms with E-state index in [4.69, 9.17) is 10.5 Å². The van der Waals surface area contributed by atoms with Crippen molar-refractivity contribution in [3.63, 3.8) is 0 Å². The molecule has 5 N–H and O–H groups in total. The zero-order valence-corrected chi connectivity index (χ0v) is 23.3. The van der Waals surface area contributed by atoms with Crippen molar-refractivity contribution >= 4 is 35.6 Å². The van der Waals surface area contributed by atoms with Crippen molar-refractivity contribution in [1.29, 1.82) is 0 Å². The molecule has 1 aliphatic rings. The summed E-state index contributed by atoms with van der Waals surface area (Å²) in [5.74, 6) is -3.84. The standard InChI is InChI=1S/C28H36N6O7/c1-19(31-28(40)41-18-22-12-8-5-9-13-22)26(38)30-20(2)27(39)32-34(17-23(29)35)25(37)15-14-24(36)33(3)16-21-10-6-4-7-11-21/h4-8,10-12,14-15,19-20H,9,13,16-18H2,1-3H3,(H2,29,35)(H,30,38)(H,31,40)(H,32,39)/b15-14+/t19-,20-/m0/s1. The van der Waals surface area contributed by atoms with Crippen molar-refractivity contribution < 1.29 is 33.5 Å². The molecule has 0 heterocycles. The Bertz CT molecular complexity index is 1210. The number of carbonyl (C=O) groups excluding carboxylic acids is 6. The average molecular weight is 569 g/mol. The van der Waals surface area contributed by atoms with Crippen LogP contribution in [0.15, 0.2) is 66.3 Å². The minimum Gasteiger partial charge on any atom is -0.445 e. The van der Waals surface area contributed by atoms with Gasteiger partial charge in [-0.25, -0.2) is 9.80 Å². The average Bonchev–Trinajstić information content (AvgIpc) is 2.94. The van der Waals surface area contributed by atoms with E-state index in [-0.39, 0.29) is 6.61 Å². The number of alkyl carbamates (subject to hydrolysis) is 1. The van der Waals surface area contributed by atoms with E-state index in [1.807, 2.05) is 48.6 Å². The van der Waals surface area contributed by atoms with Crippen molar-refractivity contribution in [2.45, 2.75) is 45.3 Å². The van der Waals surface area contributed by atoms with Gasteiger partial charge < -0.3 is 26.0 Å². The molecule has 0 saturated carbocycles. The molecule has 0 aliphatic heterocycles. The molecule has 1 aromatic carbocycles. The van der Waals surface area contributed by atoms with E-state index in [0.29, 0.717) is 11.6 Å². The summed E-state index contributed by atoms with van der Waals surface area (Å²) in [6, 6.07) is 7.00. The maximum Gasteiger partial charge on any atom is 0.408 e. The minimum atomic E-state index is -1.17. The Balaban J connectivity index is 1.87. The fourth-order valence-electron chi connectivity index (χ4n) is 3.47. The number of nitrogens with zero attached hydrogens (tertiary/aromatic N) is 2. The van der Waals surface area contributed by atoms with Crippen LogP contribution in [0.2, 0.25) is 0 Å². The van der Waals surface area contributed by atoms with Gasteiger partial charge in [-0.3, -0.25) is 29.4 Å². The maximum absolute atomic E-state index is 12.7. The van der Waals surface area contributed by atoms with Gasteiger partial charge in [0.15, 0.2) is 0 Å². The number of likely N-dealkylation sites (N-methyl/N-ethyl adjacent to an activating group) is 1. The highest BCUT2D eigenvalue weighted by Crippen LogP contribution is 2.11. The van der Waals surface area contributed by atoms with Gasteiger partial charge in [0.1, 0.15) is 25.2 Å². The first kappa shape index (κ1) is 32.3. The summed E-state index contributed by atoms with van der Waals surface area (Å²) in [7, 11) is 1.55. The van der Waals surface area contributed by atoms with Gasteiger partial charge in [0.2, 0.25) is 17.7 Å². The van der Waals surface area contributed by atoms with Crippen LogP contribution < -0.4 is 21.8 Å². The van der Waals surface area contributed by atoms with Crippen molar-refractivity contribution in [2.75, 3.05) is 20.2 Å². The summed E-state index contributed by atoms with van der Waals surface area (Å²) in [5, 5.41) is 5.41. The summed E-state index contributed by atoms with van der Waals surface area (Å²) in [6.45, 7) is 2.46. The van der Waals surface area contributed by atoms with Crippen molar-refractivity contribution in [1.82, 2.24) is 26.0 Å². The van der Waals surface area contributed by atoms with E-state index < -0.39 is 54.3 Å². The molecule has 13 nitrogen and oxygen atoms in total. The predicted octanol–water partition coefficient (Wildman–Crippen LogP) is 0.442. The maximum atomic E-state index is 12.7. The van der Waals surface area contributed by atoms with Crippen LogP contribution in [0.4, 0.5) is 4.79 Å². The van der Waals surface area contributed by atoms with Gasteiger partial charge in [-0.2, -0.15) is 0 Å². The van der Waals surface area contributed by atoms with Gasteiger partial charge in [-0.1, -0.05) is 48.6 Å². The summed E-state index contributed by atoms with van der Waals surface area (Å²) in [4.78, 5) is 75.1. The number of benzene rings is 1. The van der Waals surface area contributed by atoms with Crippen LogP contribution in [0.5, 0.6) is 0 Å². The molecule has 1 aromatic rings. The van der Waals surface area contributed by atoms with E-state index in [1.54, 1.807) is 7.05 Å². The molecule has 2 rings (SSSR count). The molecule has 0 fully saturated rings. The summed E-state index contributed by atoms with van der Waals surface area (Å²) in [5.41, 5.74) is 9.24. The number of carbonyl (C=O) groups is 6. The third-order valence-electron chi connectivity index (χ3n) is 5.80. The highest BCUT2D eigenvalue weighted by molar-refractivity contribution is 5.99. The molecule has 2 atom stereocenters. The normalized spacial score (nSPS) is 13.8. The molecule has 0 aromatic heterocycles. The van der Waals surface area contributed by atoms with E-state index >= 15 is 0 Å². The molecule has 220 valence electrons. The first-order chi connectivity index (χ1) is 19.5. The second kappa shape index (κ2) is 16.2.